The molecule has 1 fully saturated rings. The first-order chi connectivity index (χ1) is 15.0. The third-order valence-corrected chi connectivity index (χ3v) is 6.05. The lowest BCUT2D eigenvalue weighted by atomic mass is 10.1. The second kappa shape index (κ2) is 7.54. The third-order valence-electron chi connectivity index (χ3n) is 6.05. The van der Waals surface area contributed by atoms with E-state index < -0.39 is 18.2 Å². The number of rotatable bonds is 5. The number of hydrogen-bond acceptors (Lipinski definition) is 5. The van der Waals surface area contributed by atoms with Gasteiger partial charge in [0.1, 0.15) is 6.17 Å². The van der Waals surface area contributed by atoms with Gasteiger partial charge in [-0.25, -0.2) is 4.79 Å². The smallest absolute Gasteiger partial charge is 0.325 e. The Labute approximate surface area is 180 Å². The number of imide groups is 1. The lowest BCUT2D eigenvalue weighted by Gasteiger charge is -2.37. The molecule has 8 heteroatoms. The van der Waals surface area contributed by atoms with Crippen LogP contribution in [0.15, 0.2) is 54.6 Å². The summed E-state index contributed by atoms with van der Waals surface area (Å²) in [6.45, 7) is 2.66. The van der Waals surface area contributed by atoms with Gasteiger partial charge in [-0.15, -0.1) is 10.2 Å². The van der Waals surface area contributed by atoms with Crippen molar-refractivity contribution in [3.8, 4) is 11.4 Å². The average Bonchev–Trinajstić information content (AvgIpc) is 3.33. The Bertz CT molecular complexity index is 1120. The molecule has 3 amide bonds. The van der Waals surface area contributed by atoms with E-state index in [9.17, 15) is 9.59 Å². The lowest BCUT2D eigenvalue weighted by molar-refractivity contribution is -0.124. The summed E-state index contributed by atoms with van der Waals surface area (Å²) in [7, 11) is 1.70. The van der Waals surface area contributed by atoms with Crippen molar-refractivity contribution < 1.29 is 9.59 Å². The number of aromatic nitrogens is 3. The zero-order chi connectivity index (χ0) is 21.5. The molecule has 0 radical (unpaired) electrons. The topological polar surface area (TPSA) is 83.4 Å². The zero-order valence-electron chi connectivity index (χ0n) is 17.5. The maximum Gasteiger partial charge on any atom is 0.325 e. The maximum atomic E-state index is 12.9. The molecule has 0 bridgehead atoms. The zero-order valence-corrected chi connectivity index (χ0v) is 17.5. The number of urea groups is 1. The summed E-state index contributed by atoms with van der Waals surface area (Å²) in [5.41, 5.74) is 3.30. The molecule has 158 valence electrons. The van der Waals surface area contributed by atoms with E-state index in [0.717, 1.165) is 24.0 Å². The van der Waals surface area contributed by atoms with Crippen molar-refractivity contribution in [1.82, 2.24) is 25.0 Å². The molecule has 1 saturated heterocycles. The molecular weight excluding hydrogens is 392 g/mol. The van der Waals surface area contributed by atoms with E-state index in [1.165, 1.54) is 5.56 Å². The largest absolute Gasteiger partial charge is 0.325 e. The van der Waals surface area contributed by atoms with Gasteiger partial charge < -0.3 is 9.80 Å². The minimum atomic E-state index is -0.534. The fourth-order valence-electron chi connectivity index (χ4n) is 4.44. The van der Waals surface area contributed by atoms with Crippen LogP contribution >= 0.6 is 0 Å². The van der Waals surface area contributed by atoms with Crippen LogP contribution in [0.5, 0.6) is 0 Å². The first-order valence-electron chi connectivity index (χ1n) is 10.4. The van der Waals surface area contributed by atoms with Gasteiger partial charge in [-0.2, -0.15) is 0 Å². The Balaban J connectivity index is 1.50. The number of benzene rings is 2. The Kier molecular flexibility index (Phi) is 4.69. The van der Waals surface area contributed by atoms with Crippen molar-refractivity contribution in [3.63, 3.8) is 0 Å². The fourth-order valence-corrected chi connectivity index (χ4v) is 4.44. The predicted molar refractivity (Wildman–Crippen MR) is 116 cm³/mol. The number of hydrogen-bond donors (Lipinski definition) is 1. The summed E-state index contributed by atoms with van der Waals surface area (Å²) in [4.78, 5) is 28.8. The number of carbonyl (C=O) groups excluding carboxylic acids is 2. The molecule has 0 aliphatic carbocycles. The molecule has 2 aliphatic rings. The normalized spacial score (nSPS) is 19.9. The second-order valence-electron chi connectivity index (χ2n) is 8.11. The van der Waals surface area contributed by atoms with Gasteiger partial charge in [-0.1, -0.05) is 60.2 Å². The van der Waals surface area contributed by atoms with Crippen LogP contribution in [0.4, 0.5) is 10.7 Å². The summed E-state index contributed by atoms with van der Waals surface area (Å²) in [6, 6.07) is 17.3. The predicted octanol–water partition coefficient (Wildman–Crippen LogP) is 2.76. The van der Waals surface area contributed by atoms with Crippen LogP contribution in [-0.2, 0) is 11.2 Å². The van der Waals surface area contributed by atoms with Gasteiger partial charge in [0.15, 0.2) is 11.9 Å². The van der Waals surface area contributed by atoms with E-state index >= 15 is 0 Å². The van der Waals surface area contributed by atoms with Gasteiger partial charge in [0.25, 0.3) is 5.91 Å². The van der Waals surface area contributed by atoms with Crippen LogP contribution < -0.4 is 10.2 Å². The van der Waals surface area contributed by atoms with E-state index in [4.69, 9.17) is 0 Å². The molecule has 5 rings (SSSR count). The molecule has 3 heterocycles. The SMILES string of the molecule is Cc1ccc(-c2nnc3n2C2C(C(=O)NC(=O)N2C)N3CCCc2ccccc2)cc1. The molecule has 0 spiro atoms. The molecule has 8 nitrogen and oxygen atoms in total. The van der Waals surface area contributed by atoms with Crippen LogP contribution in [0.2, 0.25) is 0 Å². The van der Waals surface area contributed by atoms with Gasteiger partial charge in [-0.05, 0) is 25.3 Å². The number of fused-ring (bicyclic) bond motifs is 3. The quantitative estimate of drug-likeness (QED) is 0.692. The number of nitrogens with one attached hydrogen (secondary N) is 1. The van der Waals surface area contributed by atoms with Gasteiger partial charge in [-0.3, -0.25) is 14.7 Å². The minimum absolute atomic E-state index is 0.298. The second-order valence-corrected chi connectivity index (χ2v) is 8.11. The van der Waals surface area contributed by atoms with Gasteiger partial charge in [0, 0.05) is 19.2 Å². The van der Waals surface area contributed by atoms with E-state index in [-0.39, 0.29) is 5.91 Å². The van der Waals surface area contributed by atoms with Crippen LogP contribution in [0.1, 0.15) is 23.7 Å². The number of anilines is 1. The van der Waals surface area contributed by atoms with Crippen LogP contribution in [0, 0.1) is 6.92 Å². The first-order valence-corrected chi connectivity index (χ1v) is 10.4. The highest BCUT2D eigenvalue weighted by atomic mass is 16.2. The molecule has 0 saturated carbocycles. The van der Waals surface area contributed by atoms with Crippen LogP contribution in [0.25, 0.3) is 11.4 Å². The van der Waals surface area contributed by atoms with Crippen LogP contribution in [-0.4, -0.2) is 51.2 Å². The highest BCUT2D eigenvalue weighted by Crippen LogP contribution is 2.40. The van der Waals surface area contributed by atoms with Crippen molar-refractivity contribution in [2.45, 2.75) is 32.0 Å². The Hall–Kier alpha value is -3.68. The molecular formula is C23H24N6O2. The Morgan fingerprint density at radius 2 is 1.74 bits per heavy atom. The monoisotopic (exact) mass is 416 g/mol. The fraction of sp³-hybridized carbons (Fsp3) is 0.304. The Morgan fingerprint density at radius 3 is 2.48 bits per heavy atom. The molecule has 2 unspecified atom stereocenters. The lowest BCUT2D eigenvalue weighted by Crippen LogP contribution is -2.61. The minimum Gasteiger partial charge on any atom is -0.325 e. The number of carbonyl (C=O) groups is 2. The number of likely N-dealkylation sites (N-methyl/N-ethyl adjacent to an activating group) is 1. The van der Waals surface area contributed by atoms with E-state index in [1.807, 2.05) is 58.9 Å². The molecule has 31 heavy (non-hydrogen) atoms. The number of nitrogens with zero attached hydrogens (tertiary/aromatic N) is 5. The number of aryl methyl sites for hydroxylation is 2. The summed E-state index contributed by atoms with van der Waals surface area (Å²) < 4.78 is 1.93. The van der Waals surface area contributed by atoms with E-state index in [0.29, 0.717) is 18.3 Å². The van der Waals surface area contributed by atoms with Crippen molar-refractivity contribution in [3.05, 3.63) is 65.7 Å². The van der Waals surface area contributed by atoms with Gasteiger partial charge >= 0.3 is 6.03 Å². The van der Waals surface area contributed by atoms with E-state index in [1.54, 1.807) is 11.9 Å². The summed E-state index contributed by atoms with van der Waals surface area (Å²) in [5, 5.41) is 11.3. The molecule has 1 N–H and O–H groups in total. The van der Waals surface area contributed by atoms with Gasteiger partial charge in [0.2, 0.25) is 5.95 Å². The summed E-state index contributed by atoms with van der Waals surface area (Å²) in [6.07, 6.45) is 1.26. The molecule has 2 atom stereocenters. The standard InChI is InChI=1S/C23H24N6O2/c1-15-10-12-17(13-11-15)19-25-26-22-28(14-6-9-16-7-4-3-5-8-16)18-20(30)24-23(31)27(2)21(18)29(19)22/h3-5,7-8,10-13,18,21H,6,9,14H2,1-2H3,(H,24,30,31). The average molecular weight is 416 g/mol. The number of amides is 3. The summed E-state index contributed by atoms with van der Waals surface area (Å²) in [5.74, 6) is 0.980. The summed E-state index contributed by atoms with van der Waals surface area (Å²) >= 11 is 0. The van der Waals surface area contributed by atoms with Crippen molar-refractivity contribution in [2.75, 3.05) is 18.5 Å². The first kappa shape index (κ1) is 19.3. The highest BCUT2D eigenvalue weighted by molar-refractivity contribution is 6.02. The Morgan fingerprint density at radius 1 is 1.00 bits per heavy atom. The molecule has 3 aromatic rings. The molecule has 2 aliphatic heterocycles. The maximum absolute atomic E-state index is 12.9. The third kappa shape index (κ3) is 3.24. The van der Waals surface area contributed by atoms with Crippen LogP contribution in [0.3, 0.4) is 0 Å². The van der Waals surface area contributed by atoms with E-state index in [2.05, 4.69) is 27.6 Å². The van der Waals surface area contributed by atoms with Crippen molar-refractivity contribution in [1.29, 1.82) is 0 Å². The van der Waals surface area contributed by atoms with Crippen molar-refractivity contribution >= 4 is 17.9 Å². The highest BCUT2D eigenvalue weighted by Gasteiger charge is 2.52. The van der Waals surface area contributed by atoms with Gasteiger partial charge in [0.05, 0.1) is 0 Å². The van der Waals surface area contributed by atoms with Crippen molar-refractivity contribution in [2.24, 2.45) is 0 Å². The molecule has 1 aromatic heterocycles. The molecule has 2 aromatic carbocycles.